The first-order valence-corrected chi connectivity index (χ1v) is 7.01. The van der Waals surface area contributed by atoms with Crippen LogP contribution in [0.1, 0.15) is 33.3 Å². The third-order valence-electron chi connectivity index (χ3n) is 2.66. The maximum atomic E-state index is 5.80. The van der Waals surface area contributed by atoms with E-state index in [9.17, 15) is 0 Å². The first kappa shape index (κ1) is 16.8. The van der Waals surface area contributed by atoms with Crippen molar-refractivity contribution in [3.63, 3.8) is 0 Å². The molecule has 0 aliphatic carbocycles. The molecule has 4 heteroatoms. The second kappa shape index (κ2) is 7.50. The van der Waals surface area contributed by atoms with Crippen LogP contribution in [0.4, 0.5) is 0 Å². The van der Waals surface area contributed by atoms with Crippen molar-refractivity contribution in [2.75, 3.05) is 20.3 Å². The number of hydrogen-bond acceptors (Lipinski definition) is 4. The molecule has 0 spiro atoms. The topological polar surface area (TPSA) is 53.7 Å². The quantitative estimate of drug-likeness (QED) is 0.781. The number of ether oxygens (including phenoxy) is 3. The van der Waals surface area contributed by atoms with E-state index in [0.29, 0.717) is 13.2 Å². The van der Waals surface area contributed by atoms with Gasteiger partial charge in [-0.2, -0.15) is 0 Å². The van der Waals surface area contributed by atoms with Gasteiger partial charge in [-0.3, -0.25) is 0 Å². The lowest BCUT2D eigenvalue weighted by molar-refractivity contribution is -0.0165. The van der Waals surface area contributed by atoms with Crippen LogP contribution in [0.2, 0.25) is 0 Å². The van der Waals surface area contributed by atoms with E-state index in [1.165, 1.54) is 0 Å². The molecule has 114 valence electrons. The molecule has 0 bridgehead atoms. The number of nitrogens with two attached hydrogens (primary N) is 1. The molecule has 1 unspecified atom stereocenters. The van der Waals surface area contributed by atoms with E-state index in [1.807, 2.05) is 45.9 Å². The molecule has 0 aliphatic heterocycles. The van der Waals surface area contributed by atoms with Crippen LogP contribution >= 0.6 is 0 Å². The predicted molar refractivity (Wildman–Crippen MR) is 81.5 cm³/mol. The number of hydrogen-bond donors (Lipinski definition) is 1. The molecule has 2 N–H and O–H groups in total. The van der Waals surface area contributed by atoms with E-state index in [1.54, 1.807) is 7.11 Å². The van der Waals surface area contributed by atoms with E-state index < -0.39 is 0 Å². The van der Waals surface area contributed by atoms with Gasteiger partial charge < -0.3 is 19.9 Å². The first-order chi connectivity index (χ1) is 9.31. The van der Waals surface area contributed by atoms with Gasteiger partial charge in [-0.25, -0.2) is 0 Å². The van der Waals surface area contributed by atoms with Gasteiger partial charge in [0.15, 0.2) is 11.5 Å². The second-order valence-corrected chi connectivity index (χ2v) is 5.98. The molecule has 0 saturated heterocycles. The van der Waals surface area contributed by atoms with Gasteiger partial charge in [-0.1, -0.05) is 6.07 Å². The van der Waals surface area contributed by atoms with Crippen molar-refractivity contribution in [2.24, 2.45) is 5.73 Å². The Labute approximate surface area is 122 Å². The van der Waals surface area contributed by atoms with Crippen molar-refractivity contribution in [3.8, 4) is 11.5 Å². The molecule has 0 saturated carbocycles. The van der Waals surface area contributed by atoms with Gasteiger partial charge in [-0.15, -0.1) is 0 Å². The Bertz CT molecular complexity index is 411. The lowest BCUT2D eigenvalue weighted by Gasteiger charge is -2.20. The van der Waals surface area contributed by atoms with Crippen LogP contribution in [-0.2, 0) is 11.2 Å². The fraction of sp³-hybridized carbons (Fsp3) is 0.625. The van der Waals surface area contributed by atoms with Gasteiger partial charge in [0.2, 0.25) is 0 Å². The molecule has 4 nitrogen and oxygen atoms in total. The number of benzene rings is 1. The Hall–Kier alpha value is -1.26. The average molecular weight is 281 g/mol. The van der Waals surface area contributed by atoms with Crippen molar-refractivity contribution in [2.45, 2.75) is 45.8 Å². The first-order valence-electron chi connectivity index (χ1n) is 7.01. The van der Waals surface area contributed by atoms with Crippen LogP contribution in [0, 0.1) is 0 Å². The Balaban J connectivity index is 2.57. The SMILES string of the molecule is COc1cc(CC(C)N)ccc1OCCOC(C)(C)C. The van der Waals surface area contributed by atoms with E-state index >= 15 is 0 Å². The molecule has 1 aromatic rings. The van der Waals surface area contributed by atoms with Gasteiger partial charge in [0, 0.05) is 6.04 Å². The molecule has 20 heavy (non-hydrogen) atoms. The number of methoxy groups -OCH3 is 1. The summed E-state index contributed by atoms with van der Waals surface area (Å²) in [4.78, 5) is 0. The molecule has 0 amide bonds. The Morgan fingerprint density at radius 2 is 1.85 bits per heavy atom. The van der Waals surface area contributed by atoms with E-state index in [4.69, 9.17) is 19.9 Å². The summed E-state index contributed by atoms with van der Waals surface area (Å²) in [5.41, 5.74) is 6.81. The summed E-state index contributed by atoms with van der Waals surface area (Å²) < 4.78 is 16.7. The molecule has 1 atom stereocenters. The Morgan fingerprint density at radius 1 is 1.15 bits per heavy atom. The standard InChI is InChI=1S/C16H27NO3/c1-12(17)10-13-6-7-14(15(11-13)18-5)19-8-9-20-16(2,3)4/h6-7,11-12H,8-10,17H2,1-5H3. The van der Waals surface area contributed by atoms with Crippen LogP contribution in [0.15, 0.2) is 18.2 Å². The average Bonchev–Trinajstić information content (AvgIpc) is 2.33. The van der Waals surface area contributed by atoms with E-state index in [-0.39, 0.29) is 11.6 Å². The van der Waals surface area contributed by atoms with Crippen LogP contribution in [-0.4, -0.2) is 32.0 Å². The van der Waals surface area contributed by atoms with E-state index in [2.05, 4.69) is 0 Å². The lowest BCUT2D eigenvalue weighted by Crippen LogP contribution is -2.22. The van der Waals surface area contributed by atoms with Crippen LogP contribution in [0.5, 0.6) is 11.5 Å². The molecule has 1 rings (SSSR count). The van der Waals surface area contributed by atoms with Crippen LogP contribution in [0.3, 0.4) is 0 Å². The summed E-state index contributed by atoms with van der Waals surface area (Å²) >= 11 is 0. The molecular formula is C16H27NO3. The van der Waals surface area contributed by atoms with Crippen LogP contribution in [0.25, 0.3) is 0 Å². The van der Waals surface area contributed by atoms with Gasteiger partial charge in [0.25, 0.3) is 0 Å². The van der Waals surface area contributed by atoms with Gasteiger partial charge in [0.05, 0.1) is 19.3 Å². The van der Waals surface area contributed by atoms with Gasteiger partial charge >= 0.3 is 0 Å². The minimum atomic E-state index is -0.144. The van der Waals surface area contributed by atoms with Crippen molar-refractivity contribution in [3.05, 3.63) is 23.8 Å². The molecule has 0 radical (unpaired) electrons. The molecule has 0 aliphatic rings. The fourth-order valence-corrected chi connectivity index (χ4v) is 1.83. The second-order valence-electron chi connectivity index (χ2n) is 5.98. The Kier molecular flexibility index (Phi) is 6.30. The summed E-state index contributed by atoms with van der Waals surface area (Å²) in [5.74, 6) is 1.47. The maximum Gasteiger partial charge on any atom is 0.161 e. The normalized spacial score (nSPS) is 13.1. The summed E-state index contributed by atoms with van der Waals surface area (Å²) in [6.07, 6.45) is 0.823. The monoisotopic (exact) mass is 281 g/mol. The summed E-state index contributed by atoms with van der Waals surface area (Å²) in [6.45, 7) is 9.11. The number of rotatable bonds is 7. The summed E-state index contributed by atoms with van der Waals surface area (Å²) in [6, 6.07) is 6.05. The fourth-order valence-electron chi connectivity index (χ4n) is 1.83. The largest absolute Gasteiger partial charge is 0.493 e. The van der Waals surface area contributed by atoms with Crippen LogP contribution < -0.4 is 15.2 Å². The molecule has 1 aromatic carbocycles. The van der Waals surface area contributed by atoms with Gasteiger partial charge in [0.1, 0.15) is 6.61 Å². The molecule has 0 heterocycles. The van der Waals surface area contributed by atoms with Crippen molar-refractivity contribution in [1.29, 1.82) is 0 Å². The highest BCUT2D eigenvalue weighted by Gasteiger charge is 2.11. The third-order valence-corrected chi connectivity index (χ3v) is 2.66. The maximum absolute atomic E-state index is 5.80. The molecule has 0 fully saturated rings. The summed E-state index contributed by atoms with van der Waals surface area (Å²) in [5, 5.41) is 0. The van der Waals surface area contributed by atoms with Crippen molar-refractivity contribution in [1.82, 2.24) is 0 Å². The minimum absolute atomic E-state index is 0.131. The highest BCUT2D eigenvalue weighted by Crippen LogP contribution is 2.28. The smallest absolute Gasteiger partial charge is 0.161 e. The Morgan fingerprint density at radius 3 is 2.40 bits per heavy atom. The molecular weight excluding hydrogens is 254 g/mol. The highest BCUT2D eigenvalue weighted by atomic mass is 16.5. The third kappa shape index (κ3) is 6.26. The zero-order valence-corrected chi connectivity index (χ0v) is 13.2. The zero-order chi connectivity index (χ0) is 15.2. The van der Waals surface area contributed by atoms with E-state index in [0.717, 1.165) is 23.5 Å². The molecule has 0 aromatic heterocycles. The zero-order valence-electron chi connectivity index (χ0n) is 13.2. The van der Waals surface area contributed by atoms with Crippen molar-refractivity contribution >= 4 is 0 Å². The predicted octanol–water partition coefficient (Wildman–Crippen LogP) is 2.78. The lowest BCUT2D eigenvalue weighted by atomic mass is 10.1. The summed E-state index contributed by atoms with van der Waals surface area (Å²) in [7, 11) is 1.64. The van der Waals surface area contributed by atoms with Crippen molar-refractivity contribution < 1.29 is 14.2 Å². The highest BCUT2D eigenvalue weighted by molar-refractivity contribution is 5.43. The van der Waals surface area contributed by atoms with Gasteiger partial charge in [-0.05, 0) is 51.8 Å². The minimum Gasteiger partial charge on any atom is -0.493 e.